The molecule has 0 unspecified atom stereocenters. The summed E-state index contributed by atoms with van der Waals surface area (Å²) in [5, 5.41) is 0. The van der Waals surface area contributed by atoms with Crippen LogP contribution in [0, 0.1) is 20.8 Å². The lowest BCUT2D eigenvalue weighted by molar-refractivity contribution is 1.09. The highest BCUT2D eigenvalue weighted by Crippen LogP contribution is 2.23. The van der Waals surface area contributed by atoms with Gasteiger partial charge in [-0.05, 0) is 44.5 Å². The molecule has 18 heavy (non-hydrogen) atoms. The average molecular weight is 237 g/mol. The lowest BCUT2D eigenvalue weighted by atomic mass is 10.1. The second-order valence-corrected chi connectivity index (χ2v) is 4.67. The van der Waals surface area contributed by atoms with E-state index < -0.39 is 0 Å². The average Bonchev–Trinajstić information content (AvgIpc) is 2.68. The molecular formula is C15H15N3. The number of hydrogen-bond acceptors (Lipinski definition) is 2. The lowest BCUT2D eigenvalue weighted by Gasteiger charge is -2.00. The van der Waals surface area contributed by atoms with E-state index in [4.69, 9.17) is 0 Å². The molecule has 0 aliphatic carbocycles. The molecule has 3 rings (SSSR count). The first-order chi connectivity index (χ1) is 8.65. The minimum Gasteiger partial charge on any atom is -0.303 e. The van der Waals surface area contributed by atoms with Gasteiger partial charge in [0.2, 0.25) is 0 Å². The Morgan fingerprint density at radius 2 is 1.83 bits per heavy atom. The maximum Gasteiger partial charge on any atom is 0.137 e. The van der Waals surface area contributed by atoms with Crippen LogP contribution < -0.4 is 0 Å². The molecular weight excluding hydrogens is 222 g/mol. The zero-order valence-corrected chi connectivity index (χ0v) is 10.8. The maximum atomic E-state index is 4.68. The molecule has 0 spiro atoms. The molecule has 0 atom stereocenters. The Balaban J connectivity index is 2.23. The fraction of sp³-hybridized carbons (Fsp3) is 0.200. The van der Waals surface area contributed by atoms with Gasteiger partial charge in [-0.15, -0.1) is 0 Å². The van der Waals surface area contributed by atoms with Gasteiger partial charge in [0.25, 0.3) is 0 Å². The third-order valence-corrected chi connectivity index (χ3v) is 3.19. The zero-order chi connectivity index (χ0) is 12.7. The number of fused-ring (bicyclic) bond motifs is 1. The summed E-state index contributed by atoms with van der Waals surface area (Å²) in [7, 11) is 0. The van der Waals surface area contributed by atoms with Crippen LogP contribution in [0.5, 0.6) is 0 Å². The molecule has 0 N–H and O–H groups in total. The van der Waals surface area contributed by atoms with E-state index >= 15 is 0 Å². The van der Waals surface area contributed by atoms with Gasteiger partial charge in [-0.25, -0.2) is 4.98 Å². The molecule has 0 amide bonds. The van der Waals surface area contributed by atoms with Gasteiger partial charge in [-0.3, -0.25) is 4.98 Å². The van der Waals surface area contributed by atoms with Crippen LogP contribution in [-0.4, -0.2) is 14.4 Å². The molecule has 0 fully saturated rings. The van der Waals surface area contributed by atoms with Gasteiger partial charge in [0.1, 0.15) is 5.65 Å². The highest BCUT2D eigenvalue weighted by atomic mass is 15.0. The normalized spacial score (nSPS) is 11.1. The van der Waals surface area contributed by atoms with Gasteiger partial charge in [-0.2, -0.15) is 0 Å². The summed E-state index contributed by atoms with van der Waals surface area (Å²) in [5.74, 6) is 0. The van der Waals surface area contributed by atoms with Gasteiger partial charge in [0, 0.05) is 29.3 Å². The van der Waals surface area contributed by atoms with Crippen LogP contribution in [0.3, 0.4) is 0 Å². The van der Waals surface area contributed by atoms with Crippen molar-refractivity contribution in [3.05, 3.63) is 53.6 Å². The third kappa shape index (κ3) is 1.68. The summed E-state index contributed by atoms with van der Waals surface area (Å²) in [5.41, 5.74) is 6.47. The summed E-state index contributed by atoms with van der Waals surface area (Å²) >= 11 is 0. The predicted octanol–water partition coefficient (Wildman–Crippen LogP) is 3.32. The van der Waals surface area contributed by atoms with Gasteiger partial charge in [-0.1, -0.05) is 6.07 Å². The van der Waals surface area contributed by atoms with E-state index in [0.29, 0.717) is 0 Å². The van der Waals surface area contributed by atoms with Crippen LogP contribution in [0.4, 0.5) is 0 Å². The van der Waals surface area contributed by atoms with Crippen molar-refractivity contribution < 1.29 is 0 Å². The number of imidazole rings is 1. The Kier molecular flexibility index (Phi) is 2.40. The maximum absolute atomic E-state index is 4.68. The van der Waals surface area contributed by atoms with Crippen molar-refractivity contribution in [2.45, 2.75) is 20.8 Å². The minimum absolute atomic E-state index is 0.980. The quantitative estimate of drug-likeness (QED) is 0.650. The van der Waals surface area contributed by atoms with Crippen LogP contribution in [0.15, 0.2) is 36.7 Å². The third-order valence-electron chi connectivity index (χ3n) is 3.19. The molecule has 0 saturated heterocycles. The van der Waals surface area contributed by atoms with Gasteiger partial charge >= 0.3 is 0 Å². The Bertz CT molecular complexity index is 708. The van der Waals surface area contributed by atoms with Crippen molar-refractivity contribution in [1.82, 2.24) is 14.4 Å². The molecule has 0 aliphatic heterocycles. The largest absolute Gasteiger partial charge is 0.303 e. The Morgan fingerprint density at radius 3 is 2.56 bits per heavy atom. The second kappa shape index (κ2) is 3.95. The summed E-state index contributed by atoms with van der Waals surface area (Å²) in [4.78, 5) is 9.01. The lowest BCUT2D eigenvalue weighted by Crippen LogP contribution is -1.89. The van der Waals surface area contributed by atoms with Crippen molar-refractivity contribution in [3.8, 4) is 11.3 Å². The number of pyridine rings is 2. The van der Waals surface area contributed by atoms with Crippen LogP contribution >= 0.6 is 0 Å². The monoisotopic (exact) mass is 237 g/mol. The summed E-state index contributed by atoms with van der Waals surface area (Å²) in [6.45, 7) is 6.17. The van der Waals surface area contributed by atoms with E-state index in [1.807, 2.05) is 25.3 Å². The number of aryl methyl sites for hydroxylation is 3. The number of rotatable bonds is 1. The second-order valence-electron chi connectivity index (χ2n) is 4.67. The molecule has 3 nitrogen and oxygen atoms in total. The summed E-state index contributed by atoms with van der Waals surface area (Å²) in [6.07, 6.45) is 4.00. The summed E-state index contributed by atoms with van der Waals surface area (Å²) < 4.78 is 2.13. The van der Waals surface area contributed by atoms with E-state index in [1.165, 1.54) is 5.56 Å². The van der Waals surface area contributed by atoms with Gasteiger partial charge in [0.05, 0.1) is 5.69 Å². The van der Waals surface area contributed by atoms with Crippen molar-refractivity contribution in [2.75, 3.05) is 0 Å². The smallest absolute Gasteiger partial charge is 0.137 e. The van der Waals surface area contributed by atoms with E-state index in [0.717, 1.165) is 28.3 Å². The Morgan fingerprint density at radius 1 is 1.00 bits per heavy atom. The van der Waals surface area contributed by atoms with E-state index in [2.05, 4.69) is 46.5 Å². The predicted molar refractivity (Wildman–Crippen MR) is 72.6 cm³/mol. The SMILES string of the molecule is Cc1ccc2nc(-c3ccc(C)nc3)c(C)n2c1. The number of nitrogens with zero attached hydrogens (tertiary/aromatic N) is 3. The molecule has 0 saturated carbocycles. The Hall–Kier alpha value is -2.16. The molecule has 0 aromatic carbocycles. The highest BCUT2D eigenvalue weighted by Gasteiger charge is 2.10. The fourth-order valence-corrected chi connectivity index (χ4v) is 2.15. The molecule has 3 heteroatoms. The van der Waals surface area contributed by atoms with E-state index in [9.17, 15) is 0 Å². The molecule has 3 aromatic heterocycles. The van der Waals surface area contributed by atoms with Crippen LogP contribution in [0.2, 0.25) is 0 Å². The molecule has 0 bridgehead atoms. The van der Waals surface area contributed by atoms with Crippen molar-refractivity contribution in [3.63, 3.8) is 0 Å². The number of aromatic nitrogens is 3. The van der Waals surface area contributed by atoms with Crippen molar-refractivity contribution >= 4 is 5.65 Å². The minimum atomic E-state index is 0.980. The first-order valence-corrected chi connectivity index (χ1v) is 6.03. The first kappa shape index (κ1) is 11.0. The van der Waals surface area contributed by atoms with Gasteiger partial charge < -0.3 is 4.40 Å². The topological polar surface area (TPSA) is 30.2 Å². The van der Waals surface area contributed by atoms with E-state index in [1.54, 1.807) is 0 Å². The van der Waals surface area contributed by atoms with Crippen LogP contribution in [0.1, 0.15) is 17.0 Å². The molecule has 3 aromatic rings. The standard InChI is InChI=1S/C15H15N3/c1-10-4-7-14-17-15(12(3)18(14)9-10)13-6-5-11(2)16-8-13/h4-9H,1-3H3. The fourth-order valence-electron chi connectivity index (χ4n) is 2.15. The molecule has 90 valence electrons. The number of hydrogen-bond donors (Lipinski definition) is 0. The molecule has 0 radical (unpaired) electrons. The molecule has 0 aliphatic rings. The van der Waals surface area contributed by atoms with Crippen molar-refractivity contribution in [1.29, 1.82) is 0 Å². The van der Waals surface area contributed by atoms with Crippen LogP contribution in [0.25, 0.3) is 16.9 Å². The zero-order valence-electron chi connectivity index (χ0n) is 10.8. The van der Waals surface area contributed by atoms with E-state index in [-0.39, 0.29) is 0 Å². The van der Waals surface area contributed by atoms with Crippen LogP contribution in [-0.2, 0) is 0 Å². The molecule has 3 heterocycles. The van der Waals surface area contributed by atoms with Crippen molar-refractivity contribution in [2.24, 2.45) is 0 Å². The summed E-state index contributed by atoms with van der Waals surface area (Å²) in [6, 6.07) is 8.22. The first-order valence-electron chi connectivity index (χ1n) is 6.03. The Labute approximate surface area is 106 Å². The highest BCUT2D eigenvalue weighted by molar-refractivity contribution is 5.65. The van der Waals surface area contributed by atoms with Gasteiger partial charge in [0.15, 0.2) is 0 Å².